The summed E-state index contributed by atoms with van der Waals surface area (Å²) in [7, 11) is 0. The van der Waals surface area contributed by atoms with Gasteiger partial charge in [0.1, 0.15) is 11.6 Å². The molecule has 7 heteroatoms. The molecule has 120 valence electrons. The third-order valence-corrected chi connectivity index (χ3v) is 3.94. The minimum Gasteiger partial charge on any atom is -0.341 e. The van der Waals surface area contributed by atoms with Crippen molar-refractivity contribution < 1.29 is 4.79 Å². The highest BCUT2D eigenvalue weighted by molar-refractivity contribution is 5.78. The third-order valence-electron chi connectivity index (χ3n) is 3.94. The van der Waals surface area contributed by atoms with E-state index < -0.39 is 0 Å². The van der Waals surface area contributed by atoms with Crippen LogP contribution in [-0.4, -0.2) is 45.4 Å². The van der Waals surface area contributed by atoms with Crippen LogP contribution in [0, 0.1) is 0 Å². The lowest BCUT2D eigenvalue weighted by atomic mass is 9.95. The van der Waals surface area contributed by atoms with E-state index in [1.807, 2.05) is 23.1 Å². The maximum atomic E-state index is 11.8. The number of hydrogen-bond donors (Lipinski definition) is 2. The lowest BCUT2D eigenvalue weighted by molar-refractivity contribution is -0.130. The highest BCUT2D eigenvalue weighted by Crippen LogP contribution is 2.26. The Kier molecular flexibility index (Phi) is 4.77. The number of rotatable bonds is 4. The van der Waals surface area contributed by atoms with Crippen LogP contribution in [0.3, 0.4) is 0 Å². The van der Waals surface area contributed by atoms with Crippen molar-refractivity contribution in [3.63, 3.8) is 0 Å². The third kappa shape index (κ3) is 3.81. The molecule has 3 N–H and O–H groups in total. The van der Waals surface area contributed by atoms with Gasteiger partial charge in [0.2, 0.25) is 5.91 Å². The van der Waals surface area contributed by atoms with Crippen LogP contribution in [-0.2, 0) is 4.79 Å². The topological polar surface area (TPSA) is 97.0 Å². The second-order valence-electron chi connectivity index (χ2n) is 5.55. The van der Waals surface area contributed by atoms with Gasteiger partial charge < -0.3 is 16.0 Å². The highest BCUT2D eigenvalue weighted by Gasteiger charge is 2.25. The Morgan fingerprint density at radius 2 is 2.26 bits per heavy atom. The van der Waals surface area contributed by atoms with Crippen LogP contribution in [0.2, 0.25) is 0 Å². The molecule has 7 nitrogen and oxygen atoms in total. The van der Waals surface area contributed by atoms with E-state index in [2.05, 4.69) is 20.3 Å². The number of nitrogens with two attached hydrogens (primary N) is 1. The standard InChI is InChI=1S/C16H20N6O/c17-8-16(23)22-7-3-4-12(11-22)13-9-18-10-15(20-13)21-14-5-1-2-6-19-14/h1-2,5-6,9-10,12H,3-4,7-8,11,17H2,(H,19,20,21). The summed E-state index contributed by atoms with van der Waals surface area (Å²) in [5, 5.41) is 3.14. The maximum absolute atomic E-state index is 11.8. The zero-order valence-corrected chi connectivity index (χ0v) is 12.9. The number of piperidine rings is 1. The fraction of sp³-hybridized carbons (Fsp3) is 0.375. The molecule has 1 aliphatic heterocycles. The molecule has 1 fully saturated rings. The van der Waals surface area contributed by atoms with Gasteiger partial charge in [-0.15, -0.1) is 0 Å². The average molecular weight is 312 g/mol. The van der Waals surface area contributed by atoms with E-state index in [0.29, 0.717) is 12.4 Å². The second kappa shape index (κ2) is 7.15. The van der Waals surface area contributed by atoms with Gasteiger partial charge in [-0.3, -0.25) is 9.78 Å². The number of amides is 1. The maximum Gasteiger partial charge on any atom is 0.236 e. The number of anilines is 2. The first kappa shape index (κ1) is 15.4. The van der Waals surface area contributed by atoms with Crippen LogP contribution in [0.1, 0.15) is 24.5 Å². The molecule has 1 aliphatic rings. The highest BCUT2D eigenvalue weighted by atomic mass is 16.2. The molecule has 0 radical (unpaired) electrons. The Labute approximate surface area is 135 Å². The molecule has 2 aromatic rings. The smallest absolute Gasteiger partial charge is 0.236 e. The summed E-state index contributed by atoms with van der Waals surface area (Å²) < 4.78 is 0. The molecule has 1 saturated heterocycles. The van der Waals surface area contributed by atoms with Crippen LogP contribution >= 0.6 is 0 Å². The largest absolute Gasteiger partial charge is 0.341 e. The first-order valence-corrected chi connectivity index (χ1v) is 7.74. The molecule has 1 unspecified atom stereocenters. The zero-order chi connectivity index (χ0) is 16.1. The fourth-order valence-electron chi connectivity index (χ4n) is 2.78. The molecule has 0 spiro atoms. The predicted octanol–water partition coefficient (Wildman–Crippen LogP) is 1.28. The van der Waals surface area contributed by atoms with Crippen LogP contribution in [0.15, 0.2) is 36.8 Å². The van der Waals surface area contributed by atoms with Gasteiger partial charge in [-0.05, 0) is 25.0 Å². The van der Waals surface area contributed by atoms with Crippen molar-refractivity contribution in [3.05, 3.63) is 42.5 Å². The molecular weight excluding hydrogens is 292 g/mol. The molecule has 3 rings (SSSR count). The number of nitrogens with zero attached hydrogens (tertiary/aromatic N) is 4. The normalized spacial score (nSPS) is 17.8. The minimum absolute atomic E-state index is 0.00887. The van der Waals surface area contributed by atoms with Gasteiger partial charge in [0.05, 0.1) is 18.4 Å². The number of carbonyl (C=O) groups excluding carboxylic acids is 1. The number of aromatic nitrogens is 3. The van der Waals surface area contributed by atoms with Crippen molar-refractivity contribution >= 4 is 17.5 Å². The molecule has 1 amide bonds. The summed E-state index contributed by atoms with van der Waals surface area (Å²) >= 11 is 0. The Hall–Kier alpha value is -2.54. The van der Waals surface area contributed by atoms with Gasteiger partial charge in [-0.2, -0.15) is 0 Å². The predicted molar refractivity (Wildman–Crippen MR) is 87.2 cm³/mol. The first-order valence-electron chi connectivity index (χ1n) is 7.74. The van der Waals surface area contributed by atoms with E-state index in [1.165, 1.54) is 0 Å². The number of carbonyl (C=O) groups is 1. The Balaban J connectivity index is 1.73. The van der Waals surface area contributed by atoms with Crippen molar-refractivity contribution in [1.29, 1.82) is 0 Å². The van der Waals surface area contributed by atoms with E-state index >= 15 is 0 Å². The summed E-state index contributed by atoms with van der Waals surface area (Å²) in [5.41, 5.74) is 6.35. The van der Waals surface area contributed by atoms with Crippen molar-refractivity contribution in [2.45, 2.75) is 18.8 Å². The van der Waals surface area contributed by atoms with Crippen LogP contribution < -0.4 is 11.1 Å². The monoisotopic (exact) mass is 312 g/mol. The summed E-state index contributed by atoms with van der Waals surface area (Å²) in [6.45, 7) is 1.48. The Morgan fingerprint density at radius 1 is 1.35 bits per heavy atom. The SMILES string of the molecule is NCC(=O)N1CCCC(c2cncc(Nc3ccccn3)n2)C1. The van der Waals surface area contributed by atoms with Gasteiger partial charge in [0.25, 0.3) is 0 Å². The van der Waals surface area contributed by atoms with E-state index in [1.54, 1.807) is 18.6 Å². The van der Waals surface area contributed by atoms with E-state index in [4.69, 9.17) is 5.73 Å². The number of nitrogens with one attached hydrogen (secondary N) is 1. The van der Waals surface area contributed by atoms with Gasteiger partial charge >= 0.3 is 0 Å². The van der Waals surface area contributed by atoms with Gasteiger partial charge in [-0.25, -0.2) is 9.97 Å². The van der Waals surface area contributed by atoms with Crippen LogP contribution in [0.5, 0.6) is 0 Å². The minimum atomic E-state index is -0.00887. The van der Waals surface area contributed by atoms with Crippen molar-refractivity contribution in [3.8, 4) is 0 Å². The second-order valence-corrected chi connectivity index (χ2v) is 5.55. The van der Waals surface area contributed by atoms with E-state index in [-0.39, 0.29) is 18.4 Å². The van der Waals surface area contributed by atoms with Gasteiger partial charge in [0.15, 0.2) is 0 Å². The van der Waals surface area contributed by atoms with Crippen molar-refractivity contribution in [2.24, 2.45) is 5.73 Å². The molecule has 0 saturated carbocycles. The molecule has 0 bridgehead atoms. The number of hydrogen-bond acceptors (Lipinski definition) is 6. The summed E-state index contributed by atoms with van der Waals surface area (Å²) in [4.78, 5) is 26.7. The van der Waals surface area contributed by atoms with Gasteiger partial charge in [-0.1, -0.05) is 6.07 Å². The lowest BCUT2D eigenvalue weighted by Gasteiger charge is -2.32. The van der Waals surface area contributed by atoms with Crippen LogP contribution in [0.25, 0.3) is 0 Å². The molecule has 2 aromatic heterocycles. The molecule has 3 heterocycles. The average Bonchev–Trinajstić information content (AvgIpc) is 2.62. The molecular formula is C16H20N6O. The number of pyridine rings is 1. The quantitative estimate of drug-likeness (QED) is 0.882. The van der Waals surface area contributed by atoms with Crippen molar-refractivity contribution in [1.82, 2.24) is 19.9 Å². The van der Waals surface area contributed by atoms with Crippen molar-refractivity contribution in [2.75, 3.05) is 25.0 Å². The number of likely N-dealkylation sites (tertiary alicyclic amines) is 1. The van der Waals surface area contributed by atoms with E-state index in [9.17, 15) is 4.79 Å². The van der Waals surface area contributed by atoms with Gasteiger partial charge in [0, 0.05) is 31.4 Å². The summed E-state index contributed by atoms with van der Waals surface area (Å²) in [6, 6.07) is 5.64. The molecule has 1 atom stereocenters. The van der Waals surface area contributed by atoms with Crippen LogP contribution in [0.4, 0.5) is 11.6 Å². The summed E-state index contributed by atoms with van der Waals surface area (Å²) in [6.07, 6.45) is 7.11. The fourth-order valence-corrected chi connectivity index (χ4v) is 2.78. The zero-order valence-electron chi connectivity index (χ0n) is 12.9. The molecule has 0 aliphatic carbocycles. The molecule has 23 heavy (non-hydrogen) atoms. The Bertz CT molecular complexity index is 663. The Morgan fingerprint density at radius 3 is 3.04 bits per heavy atom. The lowest BCUT2D eigenvalue weighted by Crippen LogP contribution is -2.42. The first-order chi connectivity index (χ1) is 11.3. The molecule has 0 aromatic carbocycles. The summed E-state index contributed by atoms with van der Waals surface area (Å²) in [5.74, 6) is 1.56. The van der Waals surface area contributed by atoms with E-state index in [0.717, 1.165) is 30.9 Å².